The number of aliphatic hydroxyl groups excluding tert-OH is 1. The number of hydrogen-bond donors (Lipinski definition) is 1. The lowest BCUT2D eigenvalue weighted by atomic mass is 9.87. The van der Waals surface area contributed by atoms with E-state index >= 15 is 0 Å². The van der Waals surface area contributed by atoms with Gasteiger partial charge in [-0.25, -0.2) is 0 Å². The first-order valence-corrected chi connectivity index (χ1v) is 6.16. The van der Waals surface area contributed by atoms with E-state index in [2.05, 4.69) is 12.1 Å². The van der Waals surface area contributed by atoms with Gasteiger partial charge in [0, 0.05) is 5.92 Å². The average molecular weight is 220 g/mol. The fourth-order valence-electron chi connectivity index (χ4n) is 2.28. The molecule has 0 radical (unpaired) electrons. The van der Waals surface area contributed by atoms with Crippen molar-refractivity contribution in [1.29, 1.82) is 0 Å². The molecule has 0 amide bonds. The van der Waals surface area contributed by atoms with Crippen LogP contribution in [0, 0.1) is 5.92 Å². The van der Waals surface area contributed by atoms with Crippen LogP contribution < -0.4 is 0 Å². The van der Waals surface area contributed by atoms with Crippen LogP contribution in [0.1, 0.15) is 31.2 Å². The van der Waals surface area contributed by atoms with Gasteiger partial charge in [0.05, 0.1) is 19.3 Å². The Morgan fingerprint density at radius 2 is 1.88 bits per heavy atom. The third kappa shape index (κ3) is 3.32. The minimum absolute atomic E-state index is 0.149. The van der Waals surface area contributed by atoms with Gasteiger partial charge in [0.15, 0.2) is 0 Å². The van der Waals surface area contributed by atoms with Crippen LogP contribution in [0.15, 0.2) is 30.3 Å². The van der Waals surface area contributed by atoms with Crippen LogP contribution in [0.25, 0.3) is 0 Å². The van der Waals surface area contributed by atoms with E-state index in [0.29, 0.717) is 19.1 Å². The standard InChI is InChI=1S/C14H20O2/c15-14-9-5-4-8-13(14)11-16-10-12-6-2-1-3-7-12/h1-3,6-7,13-15H,4-5,8-11H2/t13-,14-/m1/s1. The van der Waals surface area contributed by atoms with Gasteiger partial charge in [-0.2, -0.15) is 0 Å². The predicted molar refractivity (Wildman–Crippen MR) is 64.1 cm³/mol. The summed E-state index contributed by atoms with van der Waals surface area (Å²) in [6.45, 7) is 1.35. The van der Waals surface area contributed by atoms with Crippen molar-refractivity contribution >= 4 is 0 Å². The average Bonchev–Trinajstić information content (AvgIpc) is 2.33. The highest BCUT2D eigenvalue weighted by Gasteiger charge is 2.22. The van der Waals surface area contributed by atoms with E-state index in [1.165, 1.54) is 12.0 Å². The van der Waals surface area contributed by atoms with Crippen molar-refractivity contribution < 1.29 is 9.84 Å². The fourth-order valence-corrected chi connectivity index (χ4v) is 2.28. The van der Waals surface area contributed by atoms with Crippen LogP contribution in [0.2, 0.25) is 0 Å². The zero-order valence-corrected chi connectivity index (χ0v) is 9.64. The summed E-state index contributed by atoms with van der Waals surface area (Å²) in [5, 5.41) is 9.79. The van der Waals surface area contributed by atoms with Gasteiger partial charge in [-0.15, -0.1) is 0 Å². The van der Waals surface area contributed by atoms with Gasteiger partial charge in [0.25, 0.3) is 0 Å². The Kier molecular flexibility index (Phi) is 4.37. The van der Waals surface area contributed by atoms with Crippen molar-refractivity contribution in [3.8, 4) is 0 Å². The molecular weight excluding hydrogens is 200 g/mol. The predicted octanol–water partition coefficient (Wildman–Crippen LogP) is 2.75. The summed E-state index contributed by atoms with van der Waals surface area (Å²) in [7, 11) is 0. The van der Waals surface area contributed by atoms with Crippen LogP contribution in [0.3, 0.4) is 0 Å². The first-order valence-electron chi connectivity index (χ1n) is 6.16. The number of rotatable bonds is 4. The van der Waals surface area contributed by atoms with Crippen LogP contribution in [-0.2, 0) is 11.3 Å². The van der Waals surface area contributed by atoms with Crippen LogP contribution in [0.4, 0.5) is 0 Å². The molecule has 0 bridgehead atoms. The quantitative estimate of drug-likeness (QED) is 0.845. The zero-order chi connectivity index (χ0) is 11.2. The molecule has 1 N–H and O–H groups in total. The highest BCUT2D eigenvalue weighted by atomic mass is 16.5. The molecule has 2 heteroatoms. The largest absolute Gasteiger partial charge is 0.393 e. The maximum absolute atomic E-state index is 9.79. The van der Waals surface area contributed by atoms with Crippen molar-refractivity contribution in [3.63, 3.8) is 0 Å². The van der Waals surface area contributed by atoms with Crippen molar-refractivity contribution in [1.82, 2.24) is 0 Å². The van der Waals surface area contributed by atoms with Gasteiger partial charge in [-0.1, -0.05) is 43.2 Å². The minimum atomic E-state index is -0.149. The smallest absolute Gasteiger partial charge is 0.0717 e. The molecule has 1 aliphatic rings. The van der Waals surface area contributed by atoms with E-state index in [1.54, 1.807) is 0 Å². The normalized spacial score (nSPS) is 25.6. The Labute approximate surface area is 97.3 Å². The Morgan fingerprint density at radius 3 is 2.62 bits per heavy atom. The molecule has 1 aliphatic carbocycles. The molecule has 1 aromatic carbocycles. The zero-order valence-electron chi connectivity index (χ0n) is 9.64. The highest BCUT2D eigenvalue weighted by Crippen LogP contribution is 2.24. The molecule has 16 heavy (non-hydrogen) atoms. The van der Waals surface area contributed by atoms with E-state index in [0.717, 1.165) is 19.3 Å². The van der Waals surface area contributed by atoms with E-state index in [9.17, 15) is 5.11 Å². The Balaban J connectivity index is 1.71. The Morgan fingerprint density at radius 1 is 1.12 bits per heavy atom. The summed E-state index contributed by atoms with van der Waals surface area (Å²) in [5.74, 6) is 0.345. The van der Waals surface area contributed by atoms with Gasteiger partial charge in [-0.3, -0.25) is 0 Å². The SMILES string of the molecule is O[C@@H]1CCCC[C@@H]1COCc1ccccc1. The second-order valence-electron chi connectivity index (χ2n) is 4.61. The van der Waals surface area contributed by atoms with Crippen LogP contribution >= 0.6 is 0 Å². The Bertz CT molecular complexity index is 297. The summed E-state index contributed by atoms with van der Waals surface area (Å²) in [6, 6.07) is 10.2. The molecule has 2 atom stereocenters. The molecule has 2 nitrogen and oxygen atoms in total. The molecule has 1 fully saturated rings. The summed E-state index contributed by atoms with van der Waals surface area (Å²) in [6.07, 6.45) is 4.30. The first kappa shape index (κ1) is 11.6. The van der Waals surface area contributed by atoms with Gasteiger partial charge < -0.3 is 9.84 Å². The molecule has 2 rings (SSSR count). The van der Waals surface area contributed by atoms with Crippen LogP contribution in [-0.4, -0.2) is 17.8 Å². The number of aliphatic hydroxyl groups is 1. The van der Waals surface area contributed by atoms with Crippen molar-refractivity contribution in [2.24, 2.45) is 5.92 Å². The molecule has 1 aromatic rings. The molecular formula is C14H20O2. The third-order valence-corrected chi connectivity index (χ3v) is 3.31. The summed E-state index contributed by atoms with van der Waals surface area (Å²) < 4.78 is 5.67. The first-order chi connectivity index (χ1) is 7.86. The van der Waals surface area contributed by atoms with Crippen molar-refractivity contribution in [3.05, 3.63) is 35.9 Å². The van der Waals surface area contributed by atoms with E-state index < -0.39 is 0 Å². The maximum Gasteiger partial charge on any atom is 0.0717 e. The van der Waals surface area contributed by atoms with Gasteiger partial charge in [-0.05, 0) is 18.4 Å². The van der Waals surface area contributed by atoms with Gasteiger partial charge in [0.2, 0.25) is 0 Å². The third-order valence-electron chi connectivity index (χ3n) is 3.31. The molecule has 1 saturated carbocycles. The lowest BCUT2D eigenvalue weighted by Crippen LogP contribution is -2.28. The number of benzene rings is 1. The number of ether oxygens (including phenoxy) is 1. The topological polar surface area (TPSA) is 29.5 Å². The molecule has 0 aliphatic heterocycles. The molecule has 0 heterocycles. The monoisotopic (exact) mass is 220 g/mol. The molecule has 0 unspecified atom stereocenters. The van der Waals surface area contributed by atoms with Crippen molar-refractivity contribution in [2.75, 3.05) is 6.61 Å². The highest BCUT2D eigenvalue weighted by molar-refractivity contribution is 5.13. The molecule has 0 aromatic heterocycles. The second-order valence-corrected chi connectivity index (χ2v) is 4.61. The summed E-state index contributed by atoms with van der Waals surface area (Å²) in [5.41, 5.74) is 1.20. The second kappa shape index (κ2) is 6.02. The molecule has 88 valence electrons. The van der Waals surface area contributed by atoms with Crippen molar-refractivity contribution in [2.45, 2.75) is 38.4 Å². The summed E-state index contributed by atoms with van der Waals surface area (Å²) >= 11 is 0. The molecule has 0 spiro atoms. The van der Waals surface area contributed by atoms with E-state index in [-0.39, 0.29) is 6.10 Å². The molecule has 0 saturated heterocycles. The summed E-state index contributed by atoms with van der Waals surface area (Å²) in [4.78, 5) is 0. The van der Waals surface area contributed by atoms with Gasteiger partial charge in [0.1, 0.15) is 0 Å². The van der Waals surface area contributed by atoms with Gasteiger partial charge >= 0.3 is 0 Å². The minimum Gasteiger partial charge on any atom is -0.393 e. The van der Waals surface area contributed by atoms with E-state index in [4.69, 9.17) is 4.74 Å². The fraction of sp³-hybridized carbons (Fsp3) is 0.571. The maximum atomic E-state index is 9.79. The Hall–Kier alpha value is -0.860. The lowest BCUT2D eigenvalue weighted by molar-refractivity contribution is -0.000323. The lowest BCUT2D eigenvalue weighted by Gasteiger charge is -2.27. The van der Waals surface area contributed by atoms with E-state index in [1.807, 2.05) is 18.2 Å². The number of hydrogen-bond acceptors (Lipinski definition) is 2. The van der Waals surface area contributed by atoms with Crippen LogP contribution in [0.5, 0.6) is 0 Å².